The smallest absolute Gasteiger partial charge is 0.306 e. The third-order valence-electron chi connectivity index (χ3n) is 12.2. The minimum atomic E-state index is -0.716. The number of carbonyl (C=O) groups excluding carboxylic acids is 1. The van der Waals surface area contributed by atoms with Gasteiger partial charge in [-0.2, -0.15) is 0 Å². The van der Waals surface area contributed by atoms with Gasteiger partial charge in [0, 0.05) is 52.8 Å². The number of allylic oxidation sites excluding steroid dienone is 16. The highest BCUT2D eigenvalue weighted by atomic mass is 16.5. The van der Waals surface area contributed by atoms with Gasteiger partial charge in [0.2, 0.25) is 0 Å². The van der Waals surface area contributed by atoms with E-state index in [0.717, 1.165) is 117 Å². The lowest BCUT2D eigenvalue weighted by atomic mass is 9.86. The number of aliphatic imine (C=N–C) groups is 3. The monoisotopic (exact) mass is 770 g/mol. The highest BCUT2D eigenvalue weighted by Gasteiger charge is 2.42. The van der Waals surface area contributed by atoms with Crippen LogP contribution in [-0.2, 0) is 9.53 Å². The highest BCUT2D eigenvalue weighted by Crippen LogP contribution is 2.47. The molecule has 5 aliphatic heterocycles. The molecular formula is C49H62N4O4. The molecule has 0 radical (unpaired) electrons. The average Bonchev–Trinajstić information content (AvgIpc) is 3.92. The van der Waals surface area contributed by atoms with Crippen molar-refractivity contribution >= 4 is 23.1 Å². The quantitative estimate of drug-likeness (QED) is 0.120. The molecule has 1 fully saturated rings. The van der Waals surface area contributed by atoms with Crippen LogP contribution in [0.1, 0.15) is 127 Å². The molecule has 1 saturated heterocycles. The van der Waals surface area contributed by atoms with Crippen LogP contribution in [-0.4, -0.2) is 46.0 Å². The van der Waals surface area contributed by atoms with E-state index in [9.17, 15) is 15.0 Å². The molecule has 3 unspecified atom stereocenters. The van der Waals surface area contributed by atoms with Crippen LogP contribution in [0.5, 0.6) is 0 Å². The summed E-state index contributed by atoms with van der Waals surface area (Å²) in [4.78, 5) is 28.7. The van der Waals surface area contributed by atoms with Crippen LogP contribution < -0.4 is 5.32 Å². The van der Waals surface area contributed by atoms with Gasteiger partial charge in [0.1, 0.15) is 12.4 Å². The molecular weight excluding hydrogens is 709 g/mol. The number of aliphatic hydroxyl groups excluding tert-OH is 2. The molecule has 0 aromatic carbocycles. The summed E-state index contributed by atoms with van der Waals surface area (Å²) in [6, 6.07) is 0. The first-order chi connectivity index (χ1) is 27.2. The van der Waals surface area contributed by atoms with Gasteiger partial charge in [-0.3, -0.25) is 4.79 Å². The molecule has 0 spiro atoms. The Labute approximate surface area is 340 Å². The number of nitrogens with zero attached hydrogens (tertiary/aromatic N) is 3. The van der Waals surface area contributed by atoms with Crippen LogP contribution in [0.3, 0.4) is 0 Å². The van der Waals surface area contributed by atoms with Gasteiger partial charge in [-0.05, 0) is 140 Å². The molecule has 0 amide bonds. The summed E-state index contributed by atoms with van der Waals surface area (Å²) in [6.07, 6.45) is 18.9. The molecule has 0 aromatic rings. The molecule has 5 heterocycles. The first-order valence-corrected chi connectivity index (χ1v) is 21.0. The van der Waals surface area contributed by atoms with Gasteiger partial charge < -0.3 is 20.3 Å². The Hall–Kier alpha value is -4.82. The zero-order valence-electron chi connectivity index (χ0n) is 35.8. The van der Waals surface area contributed by atoms with Crippen LogP contribution in [0, 0.1) is 11.8 Å². The lowest BCUT2D eigenvalue weighted by Crippen LogP contribution is -2.16. The van der Waals surface area contributed by atoms with Crippen molar-refractivity contribution in [3.63, 3.8) is 0 Å². The van der Waals surface area contributed by atoms with E-state index in [2.05, 4.69) is 85.0 Å². The van der Waals surface area contributed by atoms with Crippen molar-refractivity contribution < 1.29 is 19.7 Å². The molecule has 8 bridgehead atoms. The van der Waals surface area contributed by atoms with E-state index in [0.29, 0.717) is 25.0 Å². The summed E-state index contributed by atoms with van der Waals surface area (Å²) in [5, 5.41) is 26.3. The van der Waals surface area contributed by atoms with Crippen molar-refractivity contribution in [2.75, 3.05) is 6.61 Å². The number of aliphatic hydroxyl groups is 2. The van der Waals surface area contributed by atoms with Gasteiger partial charge in [0.05, 0.1) is 40.3 Å². The molecule has 0 aromatic heterocycles. The Balaban J connectivity index is 1.28. The highest BCUT2D eigenvalue weighted by molar-refractivity contribution is 6.21. The molecule has 3 atom stereocenters. The van der Waals surface area contributed by atoms with Gasteiger partial charge in [0.25, 0.3) is 0 Å². The largest absolute Gasteiger partial charge is 0.511 e. The van der Waals surface area contributed by atoms with Crippen LogP contribution in [0.4, 0.5) is 0 Å². The summed E-state index contributed by atoms with van der Waals surface area (Å²) < 4.78 is 5.75. The molecule has 302 valence electrons. The van der Waals surface area contributed by atoms with Crippen molar-refractivity contribution in [2.24, 2.45) is 26.8 Å². The number of esters is 1. The molecule has 1 aliphatic carbocycles. The van der Waals surface area contributed by atoms with Crippen LogP contribution in [0.2, 0.25) is 0 Å². The van der Waals surface area contributed by atoms with Gasteiger partial charge >= 0.3 is 5.97 Å². The number of nitrogens with one attached hydrogen (secondary N) is 1. The topological polar surface area (TPSA) is 116 Å². The standard InChI is InChI=1S/C49H62N4O4/c1-11-34-30(7)38-25-43-46(33(10)54)32(9)40(51-43)24-39-31(8)36(19-20-45(56)57-22-21-29(6)18-14-17-28(5)16-13-15-27(3)4)48(52-39)37-23-44(55)47-35(12-2)42(53-49(37)47)26-41(34)50-38/h15,17,21,24-26,31,33,36,52,54-55H,11-14,16,18-20,22-23H2,1-10H3. The van der Waals surface area contributed by atoms with Gasteiger partial charge in [-0.15, -0.1) is 0 Å². The second kappa shape index (κ2) is 17.8. The molecule has 8 heteroatoms. The summed E-state index contributed by atoms with van der Waals surface area (Å²) >= 11 is 0. The maximum absolute atomic E-state index is 13.2. The number of rotatable bonds is 14. The fraction of sp³-hybridized carbons (Fsp3) is 0.469. The van der Waals surface area contributed by atoms with Gasteiger partial charge in [-0.1, -0.05) is 49.6 Å². The number of ether oxygens (including phenoxy) is 1. The average molecular weight is 771 g/mol. The van der Waals surface area contributed by atoms with E-state index < -0.39 is 6.10 Å². The van der Waals surface area contributed by atoms with Crippen molar-refractivity contribution in [3.05, 3.63) is 126 Å². The Bertz CT molecular complexity index is 2180. The maximum Gasteiger partial charge on any atom is 0.306 e. The van der Waals surface area contributed by atoms with E-state index in [1.165, 1.54) is 16.7 Å². The van der Waals surface area contributed by atoms with E-state index in [-0.39, 0.29) is 30.8 Å². The minimum absolute atomic E-state index is 0.0150. The van der Waals surface area contributed by atoms with E-state index in [4.69, 9.17) is 19.7 Å². The van der Waals surface area contributed by atoms with Crippen molar-refractivity contribution in [3.8, 4) is 0 Å². The lowest BCUT2D eigenvalue weighted by molar-refractivity contribution is -0.142. The van der Waals surface area contributed by atoms with E-state index >= 15 is 0 Å². The summed E-state index contributed by atoms with van der Waals surface area (Å²) in [7, 11) is 0. The molecule has 0 saturated carbocycles. The van der Waals surface area contributed by atoms with E-state index in [1.54, 1.807) is 6.92 Å². The molecule has 57 heavy (non-hydrogen) atoms. The SMILES string of the molecule is CCC1=C2C=C3N=C(C=C4N=C(C=C5NC(=C6CC(O)=C1C6=N2)C(CCC(=O)OCC=C(C)CCC=C(C)CCC=C(C)C)C5C)C(C)=C4C(C)O)C(C)=C3CC. The minimum Gasteiger partial charge on any atom is -0.511 e. The number of hydrogen-bond acceptors (Lipinski definition) is 8. The molecule has 8 nitrogen and oxygen atoms in total. The number of hydrogen-bond donors (Lipinski definition) is 3. The second-order valence-corrected chi connectivity index (χ2v) is 16.6. The predicted molar refractivity (Wildman–Crippen MR) is 234 cm³/mol. The summed E-state index contributed by atoms with van der Waals surface area (Å²) in [5.74, 6) is 0.0760. The first-order valence-electron chi connectivity index (χ1n) is 21.0. The predicted octanol–water partition coefficient (Wildman–Crippen LogP) is 11.2. The Morgan fingerprint density at radius 2 is 1.56 bits per heavy atom. The third kappa shape index (κ3) is 8.86. The van der Waals surface area contributed by atoms with Gasteiger partial charge in [0.15, 0.2) is 0 Å². The van der Waals surface area contributed by atoms with Crippen LogP contribution in [0.15, 0.2) is 141 Å². The van der Waals surface area contributed by atoms with Crippen molar-refractivity contribution in [2.45, 2.75) is 133 Å². The Morgan fingerprint density at radius 1 is 0.895 bits per heavy atom. The van der Waals surface area contributed by atoms with Crippen LogP contribution >= 0.6 is 0 Å². The first kappa shape index (κ1) is 41.8. The Morgan fingerprint density at radius 3 is 2.25 bits per heavy atom. The van der Waals surface area contributed by atoms with E-state index in [1.807, 2.05) is 19.1 Å². The lowest BCUT2D eigenvalue weighted by Gasteiger charge is -2.17. The number of fused-ring (bicyclic) bond motifs is 5. The number of carbonyl (C=O) groups is 1. The maximum atomic E-state index is 13.2. The third-order valence-corrected chi connectivity index (χ3v) is 12.2. The fourth-order valence-corrected chi connectivity index (χ4v) is 8.86. The summed E-state index contributed by atoms with van der Waals surface area (Å²) in [5.41, 5.74) is 17.5. The molecule has 3 N–H and O–H groups in total. The zero-order chi connectivity index (χ0) is 41.1. The van der Waals surface area contributed by atoms with Gasteiger partial charge in [-0.25, -0.2) is 15.0 Å². The molecule has 6 rings (SSSR count). The van der Waals surface area contributed by atoms with Crippen molar-refractivity contribution in [1.82, 2.24) is 5.32 Å². The Kier molecular flexibility index (Phi) is 13.0. The normalized spacial score (nSPS) is 22.5. The van der Waals surface area contributed by atoms with Crippen molar-refractivity contribution in [1.29, 1.82) is 0 Å². The fourth-order valence-electron chi connectivity index (χ4n) is 8.86. The van der Waals surface area contributed by atoms with Crippen LogP contribution in [0.25, 0.3) is 0 Å². The molecule has 6 aliphatic rings. The zero-order valence-corrected chi connectivity index (χ0v) is 35.8. The second-order valence-electron chi connectivity index (χ2n) is 16.6. The summed E-state index contributed by atoms with van der Waals surface area (Å²) in [6.45, 7) is 21.1.